The summed E-state index contributed by atoms with van der Waals surface area (Å²) in [5, 5.41) is 5.22. The van der Waals surface area contributed by atoms with Gasteiger partial charge < -0.3 is 9.72 Å². The first kappa shape index (κ1) is 37.7. The molecule has 0 saturated heterocycles. The van der Waals surface area contributed by atoms with Crippen LogP contribution >= 0.6 is 11.8 Å². The maximum atomic E-state index is 15.8. The first-order chi connectivity index (χ1) is 24.5. The summed E-state index contributed by atoms with van der Waals surface area (Å²) < 4.78 is 80.7. The summed E-state index contributed by atoms with van der Waals surface area (Å²) in [5.74, 6) is -3.05. The first-order valence-corrected chi connectivity index (χ1v) is 19.9. The van der Waals surface area contributed by atoms with E-state index in [2.05, 4.69) is 4.98 Å². The van der Waals surface area contributed by atoms with Gasteiger partial charge in [-0.3, -0.25) is 4.79 Å². The lowest BCUT2D eigenvalue weighted by Crippen LogP contribution is -2.29. The molecule has 0 spiro atoms. The molecule has 2 atom stereocenters. The molecule has 1 aliphatic rings. The summed E-state index contributed by atoms with van der Waals surface area (Å²) in [5.41, 5.74) is 0.892. The molecule has 6 rings (SSSR count). The molecule has 3 aromatic carbocycles. The molecule has 52 heavy (non-hydrogen) atoms. The molecule has 0 saturated carbocycles. The lowest BCUT2D eigenvalue weighted by atomic mass is 9.75. The molecule has 0 amide bonds. The largest absolute Gasteiger partial charge is 0.469 e. The van der Waals surface area contributed by atoms with Crippen LogP contribution < -0.4 is 0 Å². The van der Waals surface area contributed by atoms with Crippen molar-refractivity contribution in [1.29, 1.82) is 0 Å². The third-order valence-corrected chi connectivity index (χ3v) is 13.3. The molecule has 13 heteroatoms. The number of methoxy groups -OCH3 is 1. The molecule has 4 bridgehead atoms. The lowest BCUT2D eigenvalue weighted by molar-refractivity contribution is -0.144. The molecular formula is C39H43F3N4O4S2. The van der Waals surface area contributed by atoms with Crippen molar-refractivity contribution >= 4 is 38.5 Å². The van der Waals surface area contributed by atoms with E-state index in [-0.39, 0.29) is 51.6 Å². The summed E-state index contributed by atoms with van der Waals surface area (Å²) in [7, 11) is -0.595. The number of hydrogen-bond donors (Lipinski definition) is 1. The highest BCUT2D eigenvalue weighted by Crippen LogP contribution is 2.42. The van der Waals surface area contributed by atoms with Crippen molar-refractivity contribution in [2.75, 3.05) is 18.6 Å². The second-order valence-corrected chi connectivity index (χ2v) is 18.1. The van der Waals surface area contributed by atoms with Crippen molar-refractivity contribution in [1.82, 2.24) is 19.7 Å². The van der Waals surface area contributed by atoms with Gasteiger partial charge in [0.1, 0.15) is 5.82 Å². The minimum Gasteiger partial charge on any atom is -0.469 e. The molecule has 0 radical (unpaired) electrons. The molecule has 1 N–H and O–H groups in total. The number of hydrogen-bond acceptors (Lipinski definition) is 7. The third kappa shape index (κ3) is 7.52. The Bertz CT molecular complexity index is 2270. The number of H-pyrrole nitrogens is 1. The molecule has 2 aromatic heterocycles. The number of halogens is 3. The van der Waals surface area contributed by atoms with Gasteiger partial charge in [-0.15, -0.1) is 0 Å². The van der Waals surface area contributed by atoms with E-state index in [1.54, 1.807) is 13.1 Å². The minimum absolute atomic E-state index is 0.0317. The van der Waals surface area contributed by atoms with Crippen LogP contribution in [0.15, 0.2) is 64.5 Å². The molecule has 0 aliphatic carbocycles. The number of carbonyl (C=O) groups excluding carboxylic acids is 1. The zero-order valence-corrected chi connectivity index (χ0v) is 31.8. The van der Waals surface area contributed by atoms with E-state index in [9.17, 15) is 13.2 Å². The number of esters is 1. The van der Waals surface area contributed by atoms with Gasteiger partial charge in [-0.1, -0.05) is 63.2 Å². The highest BCUT2D eigenvalue weighted by Gasteiger charge is 2.36. The number of nitrogens with zero attached hydrogens (tertiary/aromatic N) is 3. The van der Waals surface area contributed by atoms with E-state index in [0.717, 1.165) is 22.9 Å². The van der Waals surface area contributed by atoms with Gasteiger partial charge in [0.05, 0.1) is 45.9 Å². The van der Waals surface area contributed by atoms with E-state index in [1.165, 1.54) is 36.2 Å². The molecule has 1 aliphatic heterocycles. The summed E-state index contributed by atoms with van der Waals surface area (Å²) in [6, 6.07) is 13.8. The van der Waals surface area contributed by atoms with Crippen LogP contribution in [0.1, 0.15) is 69.5 Å². The van der Waals surface area contributed by atoms with Gasteiger partial charge in [-0.2, -0.15) is 5.10 Å². The summed E-state index contributed by atoms with van der Waals surface area (Å²) in [6.45, 7) is 7.68. The van der Waals surface area contributed by atoms with Crippen molar-refractivity contribution in [3.8, 4) is 11.4 Å². The number of aryl methyl sites for hydroxylation is 2. The number of nitrogens with one attached hydrogen (secondary N) is 1. The van der Waals surface area contributed by atoms with E-state index in [4.69, 9.17) is 14.8 Å². The smallest absolute Gasteiger partial charge is 0.308 e. The molecule has 0 unspecified atom stereocenters. The van der Waals surface area contributed by atoms with Crippen LogP contribution in [-0.2, 0) is 44.7 Å². The van der Waals surface area contributed by atoms with Gasteiger partial charge in [0, 0.05) is 23.5 Å². The fraction of sp³-hybridized carbons (Fsp3) is 0.410. The van der Waals surface area contributed by atoms with E-state index in [0.29, 0.717) is 47.4 Å². The standard InChI is InChI=1S/C39H43F3N4O4S2/c1-23(36(47)50-6)19-24-9-7-10-25(20-24)39(4)16-8-15-38(2,3)22-52(48,49)18-14-28-27-13-17-43-33(27)31(41)32(42)34(28)51-26-11-12-30(40)29(21-26)35-44-37(39)45-46(35)5/h7,9-13,17,20-21,23,43H,8,14-16,18-19,22H2,1-6H3/t23-,39-/m1/s1. The Morgan fingerprint density at radius 2 is 1.85 bits per heavy atom. The van der Waals surface area contributed by atoms with Crippen molar-refractivity contribution in [3.05, 3.63) is 94.7 Å². The van der Waals surface area contributed by atoms with Crippen molar-refractivity contribution in [2.45, 2.75) is 75.0 Å². The first-order valence-electron chi connectivity index (χ1n) is 17.3. The maximum Gasteiger partial charge on any atom is 0.308 e. The SMILES string of the molecule is COC(=O)[C@H](C)Cc1cccc([C@@]2(C)CCCC(C)(C)CS(=O)(=O)CCc3c(c(F)c(F)c4[nH]ccc34)Sc3ccc(F)c(c3)-c3nc2nn3C)c1. The van der Waals surface area contributed by atoms with Crippen LogP contribution in [0.4, 0.5) is 13.2 Å². The summed E-state index contributed by atoms with van der Waals surface area (Å²) >= 11 is 0.914. The predicted octanol–water partition coefficient (Wildman–Crippen LogP) is 8.36. The van der Waals surface area contributed by atoms with Crippen LogP contribution in [-0.4, -0.2) is 52.8 Å². The van der Waals surface area contributed by atoms with Crippen molar-refractivity contribution < 1.29 is 31.1 Å². The van der Waals surface area contributed by atoms with Gasteiger partial charge in [-0.05, 0) is 79.0 Å². The Kier molecular flexibility index (Phi) is 10.4. The normalized spacial score (nSPS) is 19.7. The maximum absolute atomic E-state index is 15.8. The van der Waals surface area contributed by atoms with Crippen LogP contribution in [0.25, 0.3) is 22.3 Å². The van der Waals surface area contributed by atoms with Crippen LogP contribution in [0.2, 0.25) is 0 Å². The number of aromatic amines is 1. The molecule has 276 valence electrons. The zero-order chi connectivity index (χ0) is 37.6. The van der Waals surface area contributed by atoms with Gasteiger partial charge in [0.15, 0.2) is 33.1 Å². The Balaban J connectivity index is 1.50. The Labute approximate surface area is 306 Å². The number of fused-ring (bicyclic) bond motifs is 8. The fourth-order valence-corrected chi connectivity index (χ4v) is 10.4. The summed E-state index contributed by atoms with van der Waals surface area (Å²) in [6.07, 6.45) is 3.66. The van der Waals surface area contributed by atoms with Crippen LogP contribution in [0, 0.1) is 28.8 Å². The number of sulfone groups is 1. The number of ether oxygens (including phenoxy) is 1. The number of benzene rings is 3. The monoisotopic (exact) mass is 752 g/mol. The van der Waals surface area contributed by atoms with Crippen molar-refractivity contribution in [3.63, 3.8) is 0 Å². The van der Waals surface area contributed by atoms with Gasteiger partial charge in [0.25, 0.3) is 0 Å². The van der Waals surface area contributed by atoms with Gasteiger partial charge in [0.2, 0.25) is 0 Å². The molecule has 0 fully saturated rings. The average molecular weight is 753 g/mol. The molecule has 5 aromatic rings. The number of carbonyl (C=O) groups is 1. The number of aromatic nitrogens is 4. The Hall–Kier alpha value is -4.10. The Morgan fingerprint density at radius 1 is 1.08 bits per heavy atom. The highest BCUT2D eigenvalue weighted by atomic mass is 32.2. The van der Waals surface area contributed by atoms with Gasteiger partial charge in [-0.25, -0.2) is 31.3 Å². The van der Waals surface area contributed by atoms with E-state index in [1.807, 2.05) is 52.0 Å². The third-order valence-electron chi connectivity index (χ3n) is 10.1. The number of rotatable bonds is 4. The molecule has 3 heterocycles. The second-order valence-electron chi connectivity index (χ2n) is 14.8. The minimum atomic E-state index is -3.64. The Morgan fingerprint density at radius 3 is 2.60 bits per heavy atom. The van der Waals surface area contributed by atoms with Crippen LogP contribution in [0.5, 0.6) is 0 Å². The van der Waals surface area contributed by atoms with Crippen LogP contribution in [0.3, 0.4) is 0 Å². The highest BCUT2D eigenvalue weighted by molar-refractivity contribution is 7.99. The zero-order valence-electron chi connectivity index (χ0n) is 30.1. The fourth-order valence-electron chi connectivity index (χ4n) is 7.31. The topological polar surface area (TPSA) is 107 Å². The predicted molar refractivity (Wildman–Crippen MR) is 197 cm³/mol. The van der Waals surface area contributed by atoms with Gasteiger partial charge >= 0.3 is 5.97 Å². The molecular weight excluding hydrogens is 710 g/mol. The molecule has 8 nitrogen and oxygen atoms in total. The average Bonchev–Trinajstić information content (AvgIpc) is 3.74. The van der Waals surface area contributed by atoms with E-state index >= 15 is 13.2 Å². The lowest BCUT2D eigenvalue weighted by Gasteiger charge is -2.31. The van der Waals surface area contributed by atoms with Crippen molar-refractivity contribution in [2.24, 2.45) is 18.4 Å². The quantitative estimate of drug-likeness (QED) is 0.184. The second kappa shape index (κ2) is 14.4. The summed E-state index contributed by atoms with van der Waals surface area (Å²) in [4.78, 5) is 20.3. The van der Waals surface area contributed by atoms with E-state index < -0.39 is 38.1 Å².